The van der Waals surface area contributed by atoms with Crippen LogP contribution in [0.1, 0.15) is 19.8 Å². The molecule has 0 spiro atoms. The third kappa shape index (κ3) is 4.07. The number of hydrogen-bond acceptors (Lipinski definition) is 2. The molecule has 1 saturated heterocycles. The van der Waals surface area contributed by atoms with Crippen molar-refractivity contribution in [3.63, 3.8) is 0 Å². The lowest BCUT2D eigenvalue weighted by atomic mass is 10.1. The standard InChI is InChI=1S/C10H22NO2/c1-10(12-8-9-13-10)6-5-7-11(2,3)4/h5-9H2,1-4H3/q+1. The van der Waals surface area contributed by atoms with Crippen LogP contribution in [0.2, 0.25) is 0 Å². The number of rotatable bonds is 4. The third-order valence-corrected chi connectivity index (χ3v) is 2.36. The fraction of sp³-hybridized carbons (Fsp3) is 1.00. The summed E-state index contributed by atoms with van der Waals surface area (Å²) in [5, 5.41) is 0. The highest BCUT2D eigenvalue weighted by Gasteiger charge is 2.30. The molecule has 0 bridgehead atoms. The smallest absolute Gasteiger partial charge is 0.165 e. The largest absolute Gasteiger partial charge is 0.348 e. The molecule has 0 N–H and O–H groups in total. The second kappa shape index (κ2) is 3.95. The van der Waals surface area contributed by atoms with Crippen LogP contribution in [-0.4, -0.2) is 51.2 Å². The number of nitrogens with zero attached hydrogens (tertiary/aromatic N) is 1. The van der Waals surface area contributed by atoms with Crippen molar-refractivity contribution < 1.29 is 14.0 Å². The predicted molar refractivity (Wildman–Crippen MR) is 52.4 cm³/mol. The number of ether oxygens (including phenoxy) is 2. The Bertz CT molecular complexity index is 157. The molecule has 3 heteroatoms. The first-order valence-electron chi connectivity index (χ1n) is 5.00. The first kappa shape index (κ1) is 11.0. The predicted octanol–water partition coefficient (Wildman–Crippen LogP) is 1.24. The summed E-state index contributed by atoms with van der Waals surface area (Å²) in [4.78, 5) is 0. The molecule has 0 saturated carbocycles. The minimum absolute atomic E-state index is 0.296. The maximum atomic E-state index is 5.53. The molecule has 13 heavy (non-hydrogen) atoms. The van der Waals surface area contributed by atoms with E-state index in [0.717, 1.165) is 30.5 Å². The van der Waals surface area contributed by atoms with Gasteiger partial charge in [-0.15, -0.1) is 0 Å². The maximum Gasteiger partial charge on any atom is 0.165 e. The van der Waals surface area contributed by atoms with Crippen LogP contribution in [0.25, 0.3) is 0 Å². The van der Waals surface area contributed by atoms with Crippen molar-refractivity contribution in [2.24, 2.45) is 0 Å². The summed E-state index contributed by atoms with van der Waals surface area (Å²) in [6.45, 7) is 4.71. The summed E-state index contributed by atoms with van der Waals surface area (Å²) in [7, 11) is 6.62. The Labute approximate surface area is 81.2 Å². The summed E-state index contributed by atoms with van der Waals surface area (Å²) < 4.78 is 12.1. The van der Waals surface area contributed by atoms with Gasteiger partial charge in [-0.05, 0) is 6.92 Å². The first-order valence-corrected chi connectivity index (χ1v) is 5.00. The van der Waals surface area contributed by atoms with E-state index in [1.165, 1.54) is 6.54 Å². The van der Waals surface area contributed by atoms with E-state index in [2.05, 4.69) is 21.1 Å². The fourth-order valence-electron chi connectivity index (χ4n) is 1.58. The summed E-state index contributed by atoms with van der Waals surface area (Å²) in [6.07, 6.45) is 2.16. The van der Waals surface area contributed by atoms with Crippen LogP contribution < -0.4 is 0 Å². The van der Waals surface area contributed by atoms with E-state index in [0.29, 0.717) is 0 Å². The monoisotopic (exact) mass is 188 g/mol. The summed E-state index contributed by atoms with van der Waals surface area (Å²) >= 11 is 0. The van der Waals surface area contributed by atoms with Crippen LogP contribution in [0.3, 0.4) is 0 Å². The van der Waals surface area contributed by atoms with Gasteiger partial charge in [0.2, 0.25) is 0 Å². The van der Waals surface area contributed by atoms with Gasteiger partial charge in [-0.3, -0.25) is 0 Å². The highest BCUT2D eigenvalue weighted by atomic mass is 16.7. The Morgan fingerprint density at radius 3 is 2.15 bits per heavy atom. The van der Waals surface area contributed by atoms with Crippen LogP contribution in [0.4, 0.5) is 0 Å². The van der Waals surface area contributed by atoms with E-state index in [-0.39, 0.29) is 5.79 Å². The topological polar surface area (TPSA) is 18.5 Å². The lowest BCUT2D eigenvalue weighted by molar-refractivity contribution is -0.870. The Morgan fingerprint density at radius 1 is 1.15 bits per heavy atom. The molecule has 1 fully saturated rings. The summed E-state index contributed by atoms with van der Waals surface area (Å²) in [6, 6.07) is 0. The SMILES string of the molecule is CC1(CCC[N+](C)(C)C)OCCO1. The van der Waals surface area contributed by atoms with E-state index in [9.17, 15) is 0 Å². The van der Waals surface area contributed by atoms with Crippen molar-refractivity contribution in [1.82, 2.24) is 0 Å². The van der Waals surface area contributed by atoms with Crippen molar-refractivity contribution in [2.75, 3.05) is 40.9 Å². The molecule has 0 unspecified atom stereocenters. The zero-order chi connectivity index (χ0) is 9.95. The Morgan fingerprint density at radius 2 is 1.69 bits per heavy atom. The molecule has 0 amide bonds. The normalized spacial score (nSPS) is 22.2. The molecule has 1 rings (SSSR count). The summed E-state index contributed by atoms with van der Waals surface area (Å²) in [5.41, 5.74) is 0. The quantitative estimate of drug-likeness (QED) is 0.618. The van der Waals surface area contributed by atoms with Gasteiger partial charge < -0.3 is 14.0 Å². The van der Waals surface area contributed by atoms with Crippen LogP contribution in [0, 0.1) is 0 Å². The fourth-order valence-corrected chi connectivity index (χ4v) is 1.58. The molecule has 78 valence electrons. The van der Waals surface area contributed by atoms with Crippen LogP contribution in [0.5, 0.6) is 0 Å². The second-order valence-electron chi connectivity index (χ2n) is 4.95. The number of quaternary nitrogens is 1. The average Bonchev–Trinajstić information content (AvgIpc) is 2.33. The van der Waals surface area contributed by atoms with Gasteiger partial charge >= 0.3 is 0 Å². The minimum Gasteiger partial charge on any atom is -0.348 e. The Hall–Kier alpha value is -0.120. The van der Waals surface area contributed by atoms with Crippen molar-refractivity contribution >= 4 is 0 Å². The molecule has 0 aliphatic carbocycles. The zero-order valence-electron chi connectivity index (χ0n) is 9.30. The van der Waals surface area contributed by atoms with Gasteiger partial charge in [-0.25, -0.2) is 0 Å². The van der Waals surface area contributed by atoms with Gasteiger partial charge in [-0.2, -0.15) is 0 Å². The molecular weight excluding hydrogens is 166 g/mol. The third-order valence-electron chi connectivity index (χ3n) is 2.36. The molecule has 3 nitrogen and oxygen atoms in total. The van der Waals surface area contributed by atoms with Gasteiger partial charge in [-0.1, -0.05) is 0 Å². The molecule has 1 heterocycles. The molecule has 0 atom stereocenters. The van der Waals surface area contributed by atoms with E-state index in [4.69, 9.17) is 9.47 Å². The average molecular weight is 188 g/mol. The molecule has 0 aromatic carbocycles. The van der Waals surface area contributed by atoms with E-state index < -0.39 is 0 Å². The zero-order valence-corrected chi connectivity index (χ0v) is 9.30. The molecule has 1 aliphatic heterocycles. The molecular formula is C10H22NO2+. The van der Waals surface area contributed by atoms with Crippen LogP contribution in [-0.2, 0) is 9.47 Å². The van der Waals surface area contributed by atoms with Crippen LogP contribution >= 0.6 is 0 Å². The van der Waals surface area contributed by atoms with Gasteiger partial charge in [0.05, 0.1) is 40.9 Å². The first-order chi connectivity index (χ1) is 5.91. The second-order valence-corrected chi connectivity index (χ2v) is 4.95. The lowest BCUT2D eigenvalue weighted by Crippen LogP contribution is -2.36. The lowest BCUT2D eigenvalue weighted by Gasteiger charge is -2.27. The highest BCUT2D eigenvalue weighted by Crippen LogP contribution is 2.24. The van der Waals surface area contributed by atoms with Crippen molar-refractivity contribution in [1.29, 1.82) is 0 Å². The van der Waals surface area contributed by atoms with E-state index >= 15 is 0 Å². The molecule has 0 radical (unpaired) electrons. The molecule has 1 aliphatic rings. The number of hydrogen-bond donors (Lipinski definition) is 0. The van der Waals surface area contributed by atoms with E-state index in [1.54, 1.807) is 0 Å². The van der Waals surface area contributed by atoms with Gasteiger partial charge in [0.1, 0.15) is 0 Å². The van der Waals surface area contributed by atoms with Crippen LogP contribution in [0.15, 0.2) is 0 Å². The van der Waals surface area contributed by atoms with Crippen molar-refractivity contribution in [2.45, 2.75) is 25.6 Å². The van der Waals surface area contributed by atoms with Gasteiger partial charge in [0.25, 0.3) is 0 Å². The Kier molecular flexibility index (Phi) is 3.33. The van der Waals surface area contributed by atoms with Gasteiger partial charge in [0.15, 0.2) is 5.79 Å². The minimum atomic E-state index is -0.296. The highest BCUT2D eigenvalue weighted by molar-refractivity contribution is 4.67. The van der Waals surface area contributed by atoms with E-state index in [1.807, 2.05) is 6.92 Å². The van der Waals surface area contributed by atoms with Crippen molar-refractivity contribution in [3.8, 4) is 0 Å². The Balaban J connectivity index is 2.18. The molecule has 0 aromatic rings. The summed E-state index contributed by atoms with van der Waals surface area (Å²) in [5.74, 6) is -0.296. The maximum absolute atomic E-state index is 5.53. The van der Waals surface area contributed by atoms with Crippen molar-refractivity contribution in [3.05, 3.63) is 0 Å². The molecule has 0 aromatic heterocycles. The van der Waals surface area contributed by atoms with Gasteiger partial charge in [0, 0.05) is 12.8 Å².